The van der Waals surface area contributed by atoms with Crippen LogP contribution >= 0.6 is 0 Å². The Morgan fingerprint density at radius 1 is 1.40 bits per heavy atom. The van der Waals surface area contributed by atoms with Crippen LogP contribution < -0.4 is 5.32 Å². The summed E-state index contributed by atoms with van der Waals surface area (Å²) >= 11 is 0. The molecule has 0 aromatic heterocycles. The Bertz CT molecular complexity index is 379. The second-order valence-electron chi connectivity index (χ2n) is 3.09. The van der Waals surface area contributed by atoms with Crippen LogP contribution in [0.15, 0.2) is 43.0 Å². The van der Waals surface area contributed by atoms with E-state index in [1.165, 1.54) is 0 Å². The van der Waals surface area contributed by atoms with Gasteiger partial charge in [-0.2, -0.15) is 0 Å². The molecule has 15 heavy (non-hydrogen) atoms. The van der Waals surface area contributed by atoms with Gasteiger partial charge in [-0.25, -0.2) is 4.79 Å². The highest BCUT2D eigenvalue weighted by Crippen LogP contribution is 2.10. The summed E-state index contributed by atoms with van der Waals surface area (Å²) in [6.45, 7) is 7.31. The molecule has 0 amide bonds. The normalized spacial score (nSPS) is 9.33. The lowest BCUT2D eigenvalue weighted by Crippen LogP contribution is -2.10. The number of nitrogens with one attached hydrogen (secondary N) is 1. The number of aliphatic carboxylic acids is 1. The van der Waals surface area contributed by atoms with Crippen LogP contribution in [0.2, 0.25) is 0 Å². The third-order valence-corrected chi connectivity index (χ3v) is 1.95. The van der Waals surface area contributed by atoms with Crippen molar-refractivity contribution in [3.8, 4) is 0 Å². The molecule has 0 fully saturated rings. The van der Waals surface area contributed by atoms with E-state index in [1.54, 1.807) is 6.08 Å². The summed E-state index contributed by atoms with van der Waals surface area (Å²) in [7, 11) is 0. The quantitative estimate of drug-likeness (QED) is 0.722. The van der Waals surface area contributed by atoms with Crippen LogP contribution in [0.25, 0.3) is 6.08 Å². The Morgan fingerprint density at radius 3 is 2.47 bits per heavy atom. The van der Waals surface area contributed by atoms with E-state index in [0.717, 1.165) is 11.3 Å². The maximum atomic E-state index is 10.5. The second-order valence-corrected chi connectivity index (χ2v) is 3.09. The zero-order valence-corrected chi connectivity index (χ0v) is 8.36. The molecule has 0 saturated carbocycles. The fourth-order valence-electron chi connectivity index (χ4n) is 1.02. The lowest BCUT2D eigenvalue weighted by atomic mass is 10.2. The van der Waals surface area contributed by atoms with Crippen molar-refractivity contribution < 1.29 is 9.90 Å². The Hall–Kier alpha value is -2.03. The average Bonchev–Trinajstić information content (AvgIpc) is 2.26. The minimum Gasteiger partial charge on any atom is -0.478 e. The Morgan fingerprint density at radius 2 is 2.00 bits per heavy atom. The highest BCUT2D eigenvalue weighted by molar-refractivity contribution is 5.86. The molecule has 1 aromatic carbocycles. The molecular formula is C12H13NO2. The van der Waals surface area contributed by atoms with Crippen molar-refractivity contribution in [2.75, 3.05) is 11.9 Å². The number of hydrogen-bond donors (Lipinski definition) is 2. The van der Waals surface area contributed by atoms with Crippen molar-refractivity contribution in [3.63, 3.8) is 0 Å². The first-order chi connectivity index (χ1) is 7.13. The van der Waals surface area contributed by atoms with Crippen LogP contribution in [0.5, 0.6) is 0 Å². The molecule has 1 aromatic rings. The summed E-state index contributed by atoms with van der Waals surface area (Å²) < 4.78 is 0. The minimum atomic E-state index is -0.981. The average molecular weight is 203 g/mol. The van der Waals surface area contributed by atoms with Gasteiger partial charge in [0, 0.05) is 17.8 Å². The number of carbonyl (C=O) groups is 1. The van der Waals surface area contributed by atoms with Gasteiger partial charge in [-0.05, 0) is 17.7 Å². The van der Waals surface area contributed by atoms with Gasteiger partial charge in [-0.15, -0.1) is 0 Å². The summed E-state index contributed by atoms with van der Waals surface area (Å²) in [5.41, 5.74) is 2.03. The molecule has 0 heterocycles. The van der Waals surface area contributed by atoms with E-state index in [9.17, 15) is 4.79 Å². The van der Waals surface area contributed by atoms with E-state index in [0.29, 0.717) is 0 Å². The van der Waals surface area contributed by atoms with Gasteiger partial charge in [0.05, 0.1) is 0 Å². The highest BCUT2D eigenvalue weighted by Gasteiger charge is 2.02. The molecule has 0 saturated heterocycles. The molecule has 3 nitrogen and oxygen atoms in total. The van der Waals surface area contributed by atoms with E-state index in [4.69, 9.17) is 5.11 Å². The van der Waals surface area contributed by atoms with Crippen molar-refractivity contribution >= 4 is 17.7 Å². The number of benzene rings is 1. The van der Waals surface area contributed by atoms with E-state index in [2.05, 4.69) is 18.5 Å². The van der Waals surface area contributed by atoms with Crippen molar-refractivity contribution in [1.82, 2.24) is 0 Å². The number of carboxylic acid groups (broad SMARTS) is 1. The van der Waals surface area contributed by atoms with Crippen molar-refractivity contribution in [2.45, 2.75) is 0 Å². The number of anilines is 1. The largest absolute Gasteiger partial charge is 0.478 e. The lowest BCUT2D eigenvalue weighted by molar-refractivity contribution is -0.132. The number of hydrogen-bond acceptors (Lipinski definition) is 2. The molecule has 0 atom stereocenters. The first kappa shape index (κ1) is 11.0. The van der Waals surface area contributed by atoms with Gasteiger partial charge in [0.25, 0.3) is 0 Å². The zero-order chi connectivity index (χ0) is 11.3. The molecule has 0 unspecified atom stereocenters. The monoisotopic (exact) mass is 203 g/mol. The van der Waals surface area contributed by atoms with Crippen molar-refractivity contribution in [2.24, 2.45) is 0 Å². The Kier molecular flexibility index (Phi) is 3.68. The summed E-state index contributed by atoms with van der Waals surface area (Å²) in [5.74, 6) is -0.981. The Balaban J connectivity index is 2.54. The summed E-state index contributed by atoms with van der Waals surface area (Å²) in [5, 5.41) is 11.6. The van der Waals surface area contributed by atoms with Crippen molar-refractivity contribution in [1.29, 1.82) is 0 Å². The SMILES string of the molecule is C=Cc1ccc(NCC(=C)C(=O)O)cc1. The van der Waals surface area contributed by atoms with Crippen LogP contribution in [0.4, 0.5) is 5.69 Å². The molecule has 78 valence electrons. The predicted molar refractivity (Wildman–Crippen MR) is 61.8 cm³/mol. The van der Waals surface area contributed by atoms with Gasteiger partial charge < -0.3 is 10.4 Å². The summed E-state index contributed by atoms with van der Waals surface area (Å²) in [6.07, 6.45) is 1.75. The van der Waals surface area contributed by atoms with E-state index in [1.807, 2.05) is 24.3 Å². The smallest absolute Gasteiger partial charge is 0.332 e. The lowest BCUT2D eigenvalue weighted by Gasteiger charge is -2.05. The Labute approximate surface area is 88.7 Å². The molecular weight excluding hydrogens is 190 g/mol. The maximum Gasteiger partial charge on any atom is 0.332 e. The molecule has 0 radical (unpaired) electrons. The van der Waals surface area contributed by atoms with Crippen LogP contribution in [-0.4, -0.2) is 17.6 Å². The number of carboxylic acids is 1. The van der Waals surface area contributed by atoms with E-state index >= 15 is 0 Å². The topological polar surface area (TPSA) is 49.3 Å². The molecule has 3 heteroatoms. The molecule has 0 bridgehead atoms. The number of rotatable bonds is 5. The van der Waals surface area contributed by atoms with Gasteiger partial charge in [0.2, 0.25) is 0 Å². The minimum absolute atomic E-state index is 0.141. The van der Waals surface area contributed by atoms with Gasteiger partial charge in [0.15, 0.2) is 0 Å². The van der Waals surface area contributed by atoms with Crippen LogP contribution in [0.3, 0.4) is 0 Å². The summed E-state index contributed by atoms with van der Waals surface area (Å²) in [4.78, 5) is 10.5. The molecule has 0 aliphatic heterocycles. The molecule has 0 aliphatic rings. The van der Waals surface area contributed by atoms with Crippen molar-refractivity contribution in [3.05, 3.63) is 48.6 Å². The fraction of sp³-hybridized carbons (Fsp3) is 0.0833. The first-order valence-electron chi connectivity index (χ1n) is 4.51. The first-order valence-corrected chi connectivity index (χ1v) is 4.51. The molecule has 2 N–H and O–H groups in total. The third-order valence-electron chi connectivity index (χ3n) is 1.95. The predicted octanol–water partition coefficient (Wildman–Crippen LogP) is 2.38. The maximum absolute atomic E-state index is 10.5. The third kappa shape index (κ3) is 3.31. The zero-order valence-electron chi connectivity index (χ0n) is 8.36. The summed E-state index contributed by atoms with van der Waals surface area (Å²) in [6, 6.07) is 7.54. The van der Waals surface area contributed by atoms with Gasteiger partial charge in [-0.1, -0.05) is 31.4 Å². The van der Waals surface area contributed by atoms with Crippen LogP contribution in [0, 0.1) is 0 Å². The van der Waals surface area contributed by atoms with E-state index < -0.39 is 5.97 Å². The second kappa shape index (κ2) is 5.00. The van der Waals surface area contributed by atoms with Crippen LogP contribution in [-0.2, 0) is 4.79 Å². The van der Waals surface area contributed by atoms with Crippen LogP contribution in [0.1, 0.15) is 5.56 Å². The van der Waals surface area contributed by atoms with Gasteiger partial charge >= 0.3 is 5.97 Å². The van der Waals surface area contributed by atoms with Gasteiger partial charge in [-0.3, -0.25) is 0 Å². The standard InChI is InChI=1S/C12H13NO2/c1-3-10-4-6-11(7-5-10)13-8-9(2)12(14)15/h3-7,13H,1-2,8H2,(H,14,15). The molecule has 1 rings (SSSR count). The van der Waals surface area contributed by atoms with Gasteiger partial charge in [0.1, 0.15) is 0 Å². The fourth-order valence-corrected chi connectivity index (χ4v) is 1.02. The highest BCUT2D eigenvalue weighted by atomic mass is 16.4. The molecule has 0 aliphatic carbocycles. The van der Waals surface area contributed by atoms with E-state index in [-0.39, 0.29) is 12.1 Å². The molecule has 0 spiro atoms.